The molecule has 1 saturated carbocycles. The molecule has 0 atom stereocenters. The van der Waals surface area contributed by atoms with Gasteiger partial charge in [0.25, 0.3) is 5.56 Å². The minimum atomic E-state index is -0.711. The third-order valence-electron chi connectivity index (χ3n) is 6.16. The van der Waals surface area contributed by atoms with Crippen LogP contribution >= 0.6 is 11.8 Å². The minimum absolute atomic E-state index is 0.0852. The van der Waals surface area contributed by atoms with E-state index in [2.05, 4.69) is 16.3 Å². The molecule has 0 spiro atoms. The highest BCUT2D eigenvalue weighted by Gasteiger charge is 2.38. The second-order valence-electron chi connectivity index (χ2n) is 8.04. The van der Waals surface area contributed by atoms with Crippen molar-refractivity contribution in [1.82, 2.24) is 24.1 Å². The lowest BCUT2D eigenvalue weighted by molar-refractivity contribution is -0.131. The number of aryl methyl sites for hydroxylation is 1. The molecule has 0 saturated heterocycles. The average Bonchev–Trinajstić information content (AvgIpc) is 3.24. The summed E-state index contributed by atoms with van der Waals surface area (Å²) < 4.78 is 3.49. The lowest BCUT2D eigenvalue weighted by Crippen LogP contribution is -2.50. The fourth-order valence-electron chi connectivity index (χ4n) is 4.37. The Hall–Kier alpha value is -2.86. The van der Waals surface area contributed by atoms with E-state index in [4.69, 9.17) is 0 Å². The molecule has 1 aliphatic rings. The van der Waals surface area contributed by atoms with Crippen molar-refractivity contribution in [2.75, 3.05) is 12.8 Å². The zero-order chi connectivity index (χ0) is 22.0. The Balaban J connectivity index is 1.66. The number of thioether (sulfide) groups is 1. The number of rotatable bonds is 6. The number of amides is 1. The van der Waals surface area contributed by atoms with Gasteiger partial charge in [0, 0.05) is 13.6 Å². The van der Waals surface area contributed by atoms with Crippen LogP contribution in [0.4, 0.5) is 0 Å². The zero-order valence-electron chi connectivity index (χ0n) is 17.9. The summed E-state index contributed by atoms with van der Waals surface area (Å²) in [6.45, 7) is 2.55. The van der Waals surface area contributed by atoms with Crippen LogP contribution in [0.2, 0.25) is 0 Å². The summed E-state index contributed by atoms with van der Waals surface area (Å²) in [6, 6.07) is 9.78. The quantitative estimate of drug-likeness (QED) is 0.548. The van der Waals surface area contributed by atoms with Crippen LogP contribution in [-0.2, 0) is 11.3 Å². The van der Waals surface area contributed by atoms with Crippen molar-refractivity contribution < 1.29 is 4.79 Å². The Kier molecular flexibility index (Phi) is 6.01. The number of nitriles is 1. The van der Waals surface area contributed by atoms with Crippen molar-refractivity contribution in [3.05, 3.63) is 34.6 Å². The minimum Gasteiger partial charge on any atom is -0.326 e. The van der Waals surface area contributed by atoms with E-state index < -0.39 is 5.54 Å². The van der Waals surface area contributed by atoms with Gasteiger partial charge < -0.3 is 4.90 Å². The number of benzene rings is 1. The fourth-order valence-corrected chi connectivity index (χ4v) is 5.23. The highest BCUT2D eigenvalue weighted by atomic mass is 32.2. The molecule has 1 aliphatic carbocycles. The molecule has 2 heterocycles. The Morgan fingerprint density at radius 3 is 2.71 bits per heavy atom. The normalized spacial score (nSPS) is 15.8. The summed E-state index contributed by atoms with van der Waals surface area (Å²) in [5.41, 5.74) is -0.0706. The molecule has 9 heteroatoms. The number of fused-ring (bicyclic) bond motifs is 3. The van der Waals surface area contributed by atoms with E-state index in [1.165, 1.54) is 11.8 Å². The van der Waals surface area contributed by atoms with Gasteiger partial charge in [-0.15, -0.1) is 10.2 Å². The number of carbonyl (C=O) groups excluding carboxylic acids is 1. The molecule has 1 fully saturated rings. The topological polar surface area (TPSA) is 96.3 Å². The van der Waals surface area contributed by atoms with Crippen molar-refractivity contribution in [2.45, 2.75) is 62.7 Å². The first-order valence-corrected chi connectivity index (χ1v) is 11.7. The summed E-state index contributed by atoms with van der Waals surface area (Å²) in [5.74, 6) is 0.535. The van der Waals surface area contributed by atoms with Crippen molar-refractivity contribution in [3.63, 3.8) is 0 Å². The molecule has 1 amide bonds. The van der Waals surface area contributed by atoms with Gasteiger partial charge in [0.15, 0.2) is 5.16 Å². The summed E-state index contributed by atoms with van der Waals surface area (Å²) in [4.78, 5) is 27.5. The molecule has 0 unspecified atom stereocenters. The molecule has 3 aromatic rings. The van der Waals surface area contributed by atoms with Crippen LogP contribution in [0.25, 0.3) is 16.7 Å². The smallest absolute Gasteiger partial charge is 0.262 e. The van der Waals surface area contributed by atoms with Crippen molar-refractivity contribution in [3.8, 4) is 6.07 Å². The van der Waals surface area contributed by atoms with Gasteiger partial charge in [-0.1, -0.05) is 50.1 Å². The standard InChI is InChI=1S/C22H26N6O2S/c1-3-13-27-19(30)16-9-5-6-10-17(16)28-20(27)24-25-21(28)31-14-18(29)26(2)22(15-23)11-7-4-8-12-22/h5-6,9-10H,3-4,7-8,11-14H2,1-2H3. The molecule has 31 heavy (non-hydrogen) atoms. The number of carbonyl (C=O) groups is 1. The van der Waals surface area contributed by atoms with E-state index in [-0.39, 0.29) is 17.2 Å². The van der Waals surface area contributed by atoms with Crippen LogP contribution in [0, 0.1) is 11.3 Å². The Morgan fingerprint density at radius 1 is 1.26 bits per heavy atom. The Morgan fingerprint density at radius 2 is 2.00 bits per heavy atom. The number of hydrogen-bond acceptors (Lipinski definition) is 6. The van der Waals surface area contributed by atoms with Gasteiger partial charge in [-0.3, -0.25) is 18.6 Å². The first kappa shape index (κ1) is 21.4. The summed E-state index contributed by atoms with van der Waals surface area (Å²) in [5, 5.41) is 19.5. The highest BCUT2D eigenvalue weighted by molar-refractivity contribution is 7.99. The van der Waals surface area contributed by atoms with Gasteiger partial charge in [-0.05, 0) is 31.4 Å². The Bertz CT molecular complexity index is 1220. The molecule has 0 bridgehead atoms. The molecule has 4 rings (SSSR count). The van der Waals surface area contributed by atoms with E-state index in [1.54, 1.807) is 22.6 Å². The third kappa shape index (κ3) is 3.69. The van der Waals surface area contributed by atoms with E-state index in [9.17, 15) is 14.9 Å². The van der Waals surface area contributed by atoms with Crippen LogP contribution in [0.3, 0.4) is 0 Å². The summed E-state index contributed by atoms with van der Waals surface area (Å²) >= 11 is 1.29. The maximum absolute atomic E-state index is 13.0. The van der Waals surface area contributed by atoms with Gasteiger partial charge in [0.2, 0.25) is 11.7 Å². The number of aromatic nitrogens is 4. The maximum Gasteiger partial charge on any atom is 0.262 e. The van der Waals surface area contributed by atoms with Crippen LogP contribution < -0.4 is 5.56 Å². The molecule has 0 radical (unpaired) electrons. The van der Waals surface area contributed by atoms with Gasteiger partial charge in [0.1, 0.15) is 5.54 Å². The first-order valence-electron chi connectivity index (χ1n) is 10.7. The number of para-hydroxylation sites is 1. The molecular weight excluding hydrogens is 412 g/mol. The maximum atomic E-state index is 13.0. The molecule has 2 aromatic heterocycles. The molecular formula is C22H26N6O2S. The monoisotopic (exact) mass is 438 g/mol. The van der Waals surface area contributed by atoms with Gasteiger partial charge in [0.05, 0.1) is 22.7 Å². The summed E-state index contributed by atoms with van der Waals surface area (Å²) in [7, 11) is 1.73. The SMILES string of the molecule is CCCn1c(=O)c2ccccc2n2c(SCC(=O)N(C)C3(C#N)CCCCC3)nnc12. The molecule has 1 aromatic carbocycles. The molecule has 0 N–H and O–H groups in total. The van der Waals surface area contributed by atoms with Gasteiger partial charge in [-0.25, -0.2) is 0 Å². The summed E-state index contributed by atoms with van der Waals surface area (Å²) in [6.07, 6.45) is 5.28. The fraction of sp³-hybridized carbons (Fsp3) is 0.500. The predicted octanol–water partition coefficient (Wildman–Crippen LogP) is 3.23. The van der Waals surface area contributed by atoms with E-state index in [1.807, 2.05) is 29.5 Å². The first-order chi connectivity index (χ1) is 15.0. The predicted molar refractivity (Wildman–Crippen MR) is 120 cm³/mol. The van der Waals surface area contributed by atoms with Crippen molar-refractivity contribution in [1.29, 1.82) is 5.26 Å². The van der Waals surface area contributed by atoms with Crippen molar-refractivity contribution >= 4 is 34.3 Å². The second kappa shape index (κ2) is 8.71. The van der Waals surface area contributed by atoms with E-state index in [0.29, 0.717) is 22.9 Å². The van der Waals surface area contributed by atoms with Crippen molar-refractivity contribution in [2.24, 2.45) is 0 Å². The largest absolute Gasteiger partial charge is 0.326 e. The average molecular weight is 439 g/mol. The van der Waals surface area contributed by atoms with Crippen LogP contribution in [-0.4, -0.2) is 48.3 Å². The lowest BCUT2D eigenvalue weighted by atomic mass is 9.81. The van der Waals surface area contributed by atoms with Gasteiger partial charge >= 0.3 is 0 Å². The lowest BCUT2D eigenvalue weighted by Gasteiger charge is -2.39. The highest BCUT2D eigenvalue weighted by Crippen LogP contribution is 2.33. The van der Waals surface area contributed by atoms with Gasteiger partial charge in [-0.2, -0.15) is 5.26 Å². The third-order valence-corrected chi connectivity index (χ3v) is 7.07. The van der Waals surface area contributed by atoms with E-state index in [0.717, 1.165) is 44.0 Å². The van der Waals surface area contributed by atoms with Crippen LogP contribution in [0.1, 0.15) is 45.4 Å². The van der Waals surface area contributed by atoms with E-state index >= 15 is 0 Å². The molecule has 162 valence electrons. The second-order valence-corrected chi connectivity index (χ2v) is 8.98. The molecule has 8 nitrogen and oxygen atoms in total. The number of hydrogen-bond donors (Lipinski definition) is 0. The zero-order valence-corrected chi connectivity index (χ0v) is 18.7. The van der Waals surface area contributed by atoms with Crippen LogP contribution in [0.5, 0.6) is 0 Å². The van der Waals surface area contributed by atoms with Crippen LogP contribution in [0.15, 0.2) is 34.2 Å². The molecule has 0 aliphatic heterocycles. The Labute approximate surface area is 184 Å². The number of nitrogens with zero attached hydrogens (tertiary/aromatic N) is 6.